The Bertz CT molecular complexity index is 1080. The van der Waals surface area contributed by atoms with E-state index in [9.17, 15) is 13.2 Å². The Labute approximate surface area is 183 Å². The molecular weight excluding hydrogens is 418 g/mol. The number of hydrogen-bond donors (Lipinski definition) is 1. The van der Waals surface area contributed by atoms with Gasteiger partial charge in [-0.15, -0.1) is 0 Å². The summed E-state index contributed by atoms with van der Waals surface area (Å²) in [5, 5.41) is 3.92. The van der Waals surface area contributed by atoms with Crippen molar-refractivity contribution in [3.8, 4) is 11.5 Å². The lowest BCUT2D eigenvalue weighted by molar-refractivity contribution is -0.119. The fourth-order valence-corrected chi connectivity index (χ4v) is 3.67. The molecular formula is C22H27N3O5S. The molecule has 0 unspecified atom stereocenters. The first-order valence-electron chi connectivity index (χ1n) is 9.45. The van der Waals surface area contributed by atoms with Crippen molar-refractivity contribution in [3.63, 3.8) is 0 Å². The van der Waals surface area contributed by atoms with Gasteiger partial charge in [-0.1, -0.05) is 24.8 Å². The van der Waals surface area contributed by atoms with Crippen molar-refractivity contribution in [1.29, 1.82) is 0 Å². The van der Waals surface area contributed by atoms with Crippen molar-refractivity contribution in [2.45, 2.75) is 13.8 Å². The molecule has 31 heavy (non-hydrogen) atoms. The minimum absolute atomic E-state index is 0.344. The molecule has 0 radical (unpaired) electrons. The number of aryl methyl sites for hydroxylation is 1. The van der Waals surface area contributed by atoms with Crippen LogP contribution in [-0.2, 0) is 14.8 Å². The Morgan fingerprint density at radius 3 is 2.61 bits per heavy atom. The van der Waals surface area contributed by atoms with Gasteiger partial charge < -0.3 is 9.47 Å². The first-order valence-corrected chi connectivity index (χ1v) is 11.3. The van der Waals surface area contributed by atoms with Crippen LogP contribution in [0.1, 0.15) is 16.7 Å². The number of ether oxygens (including phenoxy) is 2. The molecule has 2 aromatic carbocycles. The van der Waals surface area contributed by atoms with Crippen molar-refractivity contribution < 1.29 is 22.7 Å². The zero-order chi connectivity index (χ0) is 23.0. The fourth-order valence-electron chi connectivity index (χ4n) is 2.76. The van der Waals surface area contributed by atoms with Crippen molar-refractivity contribution in [2.24, 2.45) is 5.10 Å². The average molecular weight is 446 g/mol. The number of methoxy groups -OCH3 is 1. The maximum absolute atomic E-state index is 12.4. The van der Waals surface area contributed by atoms with Gasteiger partial charge in [-0.3, -0.25) is 9.10 Å². The van der Waals surface area contributed by atoms with Crippen LogP contribution in [0.25, 0.3) is 0 Å². The molecule has 0 aliphatic heterocycles. The summed E-state index contributed by atoms with van der Waals surface area (Å²) in [6, 6.07) is 10.5. The largest absolute Gasteiger partial charge is 0.493 e. The molecule has 0 aromatic heterocycles. The summed E-state index contributed by atoms with van der Waals surface area (Å²) in [5.74, 6) is 0.497. The molecule has 0 saturated carbocycles. The van der Waals surface area contributed by atoms with Gasteiger partial charge in [0.25, 0.3) is 5.91 Å². The van der Waals surface area contributed by atoms with Gasteiger partial charge in [0.05, 0.1) is 25.3 Å². The lowest BCUT2D eigenvalue weighted by atomic mass is 10.1. The Kier molecular flexibility index (Phi) is 8.21. The number of hydrogen-bond acceptors (Lipinski definition) is 6. The Morgan fingerprint density at radius 1 is 1.23 bits per heavy atom. The quantitative estimate of drug-likeness (QED) is 0.345. The molecule has 0 aliphatic rings. The summed E-state index contributed by atoms with van der Waals surface area (Å²) in [7, 11) is -2.15. The van der Waals surface area contributed by atoms with Gasteiger partial charge in [0.1, 0.15) is 13.2 Å². The minimum Gasteiger partial charge on any atom is -0.493 e. The minimum atomic E-state index is -3.67. The van der Waals surface area contributed by atoms with E-state index in [0.717, 1.165) is 21.7 Å². The van der Waals surface area contributed by atoms with Crippen LogP contribution in [0.3, 0.4) is 0 Å². The van der Waals surface area contributed by atoms with E-state index in [1.165, 1.54) is 13.3 Å². The molecule has 0 saturated heterocycles. The van der Waals surface area contributed by atoms with Crippen molar-refractivity contribution in [3.05, 3.63) is 65.7 Å². The van der Waals surface area contributed by atoms with Gasteiger partial charge in [0.2, 0.25) is 10.0 Å². The highest BCUT2D eigenvalue weighted by Gasteiger charge is 2.22. The summed E-state index contributed by atoms with van der Waals surface area (Å²) < 4.78 is 36.4. The summed E-state index contributed by atoms with van der Waals surface area (Å²) in [6.45, 7) is 7.25. The highest BCUT2D eigenvalue weighted by atomic mass is 32.2. The summed E-state index contributed by atoms with van der Waals surface area (Å²) in [4.78, 5) is 12.4. The molecule has 1 amide bonds. The van der Waals surface area contributed by atoms with E-state index < -0.39 is 22.5 Å². The van der Waals surface area contributed by atoms with E-state index in [0.29, 0.717) is 29.4 Å². The number of nitrogens with one attached hydrogen (secondary N) is 1. The van der Waals surface area contributed by atoms with Gasteiger partial charge in [0.15, 0.2) is 11.5 Å². The molecule has 166 valence electrons. The predicted octanol–water partition coefficient (Wildman–Crippen LogP) is 2.79. The van der Waals surface area contributed by atoms with E-state index in [4.69, 9.17) is 9.47 Å². The third-order valence-corrected chi connectivity index (χ3v) is 5.61. The second-order valence-corrected chi connectivity index (χ2v) is 8.70. The van der Waals surface area contributed by atoms with Crippen LogP contribution in [0.15, 0.2) is 54.2 Å². The molecule has 8 nitrogen and oxygen atoms in total. The lowest BCUT2D eigenvalue weighted by Gasteiger charge is -2.23. The van der Waals surface area contributed by atoms with E-state index in [-0.39, 0.29) is 0 Å². The summed E-state index contributed by atoms with van der Waals surface area (Å²) in [6.07, 6.45) is 4.12. The molecule has 0 heterocycles. The zero-order valence-corrected chi connectivity index (χ0v) is 18.9. The molecule has 9 heteroatoms. The number of sulfonamides is 1. The Hall–Kier alpha value is -3.33. The molecule has 2 aromatic rings. The Morgan fingerprint density at radius 2 is 1.97 bits per heavy atom. The molecule has 0 bridgehead atoms. The second-order valence-electron chi connectivity index (χ2n) is 6.79. The highest BCUT2D eigenvalue weighted by Crippen LogP contribution is 2.27. The zero-order valence-electron chi connectivity index (χ0n) is 18.1. The fraction of sp³-hybridized carbons (Fsp3) is 0.273. The van der Waals surface area contributed by atoms with E-state index in [1.807, 2.05) is 19.9 Å². The monoisotopic (exact) mass is 445 g/mol. The topological polar surface area (TPSA) is 97.3 Å². The number of anilines is 1. The first kappa shape index (κ1) is 23.9. The maximum atomic E-state index is 12.4. The predicted molar refractivity (Wildman–Crippen MR) is 123 cm³/mol. The standard InChI is InChI=1S/C22H27N3O5S/c1-6-12-30-20-11-10-18(13-21(20)29-4)14-23-24-22(26)15-25(31(5,27)28)19-9-7-8-16(2)17(19)3/h6-11,13-14H,1,12,15H2,2-5H3,(H,24,26)/b23-14-. The number of carbonyl (C=O) groups excluding carboxylic acids is 1. The number of benzene rings is 2. The summed E-state index contributed by atoms with van der Waals surface area (Å²) in [5.41, 5.74) is 5.20. The van der Waals surface area contributed by atoms with Crippen molar-refractivity contribution >= 4 is 27.8 Å². The first-order chi connectivity index (χ1) is 14.7. The number of carbonyl (C=O) groups is 1. The Balaban J connectivity index is 2.11. The van der Waals surface area contributed by atoms with E-state index >= 15 is 0 Å². The number of nitrogens with zero attached hydrogens (tertiary/aromatic N) is 2. The third kappa shape index (κ3) is 6.58. The van der Waals surface area contributed by atoms with Crippen LogP contribution in [0, 0.1) is 13.8 Å². The van der Waals surface area contributed by atoms with Gasteiger partial charge in [0, 0.05) is 0 Å². The third-order valence-electron chi connectivity index (χ3n) is 4.48. The molecule has 0 atom stereocenters. The van der Waals surface area contributed by atoms with Gasteiger partial charge in [-0.25, -0.2) is 13.8 Å². The molecule has 2 rings (SSSR count). The highest BCUT2D eigenvalue weighted by molar-refractivity contribution is 7.92. The van der Waals surface area contributed by atoms with E-state index in [1.54, 1.807) is 36.4 Å². The van der Waals surface area contributed by atoms with Crippen molar-refractivity contribution in [1.82, 2.24) is 5.43 Å². The van der Waals surface area contributed by atoms with Gasteiger partial charge >= 0.3 is 0 Å². The average Bonchev–Trinajstić information content (AvgIpc) is 2.72. The normalized spacial score (nSPS) is 11.2. The van der Waals surface area contributed by atoms with Crippen LogP contribution in [0.5, 0.6) is 11.5 Å². The maximum Gasteiger partial charge on any atom is 0.260 e. The van der Waals surface area contributed by atoms with Crippen LogP contribution < -0.4 is 19.2 Å². The second kappa shape index (κ2) is 10.6. The molecule has 0 aliphatic carbocycles. The molecule has 1 N–H and O–H groups in total. The SMILES string of the molecule is C=CCOc1ccc(/C=N\NC(=O)CN(c2cccc(C)c2C)S(C)(=O)=O)cc1OC. The lowest BCUT2D eigenvalue weighted by Crippen LogP contribution is -2.39. The van der Waals surface area contributed by atoms with Crippen molar-refractivity contribution in [2.75, 3.05) is 30.8 Å². The van der Waals surface area contributed by atoms with Crippen LogP contribution >= 0.6 is 0 Å². The van der Waals surface area contributed by atoms with Crippen LogP contribution in [-0.4, -0.2) is 47.1 Å². The van der Waals surface area contributed by atoms with E-state index in [2.05, 4.69) is 17.1 Å². The van der Waals surface area contributed by atoms with Gasteiger partial charge in [-0.2, -0.15) is 5.10 Å². The number of rotatable bonds is 10. The van der Waals surface area contributed by atoms with Gasteiger partial charge in [-0.05, 0) is 54.8 Å². The van der Waals surface area contributed by atoms with Crippen LogP contribution in [0.4, 0.5) is 5.69 Å². The number of amides is 1. The van der Waals surface area contributed by atoms with Crippen LogP contribution in [0.2, 0.25) is 0 Å². The number of hydrazone groups is 1. The molecule has 0 spiro atoms. The smallest absolute Gasteiger partial charge is 0.260 e. The summed E-state index contributed by atoms with van der Waals surface area (Å²) >= 11 is 0. The molecule has 0 fully saturated rings.